The average molecular weight is 273 g/mol. The van der Waals surface area contributed by atoms with Gasteiger partial charge in [0.1, 0.15) is 4.88 Å². The monoisotopic (exact) mass is 273 g/mol. The molecule has 0 radical (unpaired) electrons. The van der Waals surface area contributed by atoms with E-state index in [2.05, 4.69) is 12.2 Å². The molecule has 0 aromatic carbocycles. The highest BCUT2D eigenvalue weighted by atomic mass is 32.2. The summed E-state index contributed by atoms with van der Waals surface area (Å²) in [6.07, 6.45) is 2.02. The third-order valence-electron chi connectivity index (χ3n) is 2.10. The molecule has 1 aromatic rings. The van der Waals surface area contributed by atoms with E-state index in [0.717, 1.165) is 17.1 Å². The highest BCUT2D eigenvalue weighted by molar-refractivity contribution is 7.98. The molecule has 1 aromatic heterocycles. The molecule has 4 nitrogen and oxygen atoms in total. The van der Waals surface area contributed by atoms with Gasteiger partial charge in [0.2, 0.25) is 0 Å². The molecule has 1 unspecified atom stereocenters. The van der Waals surface area contributed by atoms with E-state index < -0.39 is 5.97 Å². The zero-order valence-electron chi connectivity index (χ0n) is 9.73. The van der Waals surface area contributed by atoms with Crippen molar-refractivity contribution in [2.75, 3.05) is 18.6 Å². The number of aromatic carboxylic acids is 1. The fraction of sp³-hybridized carbons (Fsp3) is 0.455. The van der Waals surface area contributed by atoms with Gasteiger partial charge in [0.15, 0.2) is 0 Å². The molecule has 0 aliphatic rings. The van der Waals surface area contributed by atoms with Crippen LogP contribution in [-0.4, -0.2) is 35.5 Å². The molecule has 0 saturated carbocycles. The van der Waals surface area contributed by atoms with Crippen LogP contribution in [0, 0.1) is 5.92 Å². The summed E-state index contributed by atoms with van der Waals surface area (Å²) in [5.41, 5.74) is 0. The Kier molecular flexibility index (Phi) is 5.50. The lowest BCUT2D eigenvalue weighted by molar-refractivity contribution is 0.0702. The lowest BCUT2D eigenvalue weighted by atomic mass is 10.2. The zero-order chi connectivity index (χ0) is 12.8. The van der Waals surface area contributed by atoms with E-state index >= 15 is 0 Å². The van der Waals surface area contributed by atoms with Gasteiger partial charge in [0.05, 0.1) is 4.88 Å². The smallest absolute Gasteiger partial charge is 0.345 e. The highest BCUT2D eigenvalue weighted by Gasteiger charge is 2.13. The first-order chi connectivity index (χ1) is 8.04. The van der Waals surface area contributed by atoms with Crippen molar-refractivity contribution < 1.29 is 14.7 Å². The molecule has 1 amide bonds. The van der Waals surface area contributed by atoms with E-state index in [9.17, 15) is 9.59 Å². The van der Waals surface area contributed by atoms with Gasteiger partial charge in [-0.15, -0.1) is 11.3 Å². The second-order valence-corrected chi connectivity index (χ2v) is 5.73. The summed E-state index contributed by atoms with van der Waals surface area (Å²) in [4.78, 5) is 23.0. The Bertz CT molecular complexity index is 403. The van der Waals surface area contributed by atoms with E-state index in [1.807, 2.05) is 6.26 Å². The van der Waals surface area contributed by atoms with Gasteiger partial charge in [-0.05, 0) is 30.1 Å². The van der Waals surface area contributed by atoms with E-state index in [-0.39, 0.29) is 10.8 Å². The molecule has 1 heterocycles. The third-order valence-corrected chi connectivity index (χ3v) is 4.08. The number of rotatable bonds is 6. The number of thioether (sulfide) groups is 1. The number of carboxylic acids is 1. The lowest BCUT2D eigenvalue weighted by Crippen LogP contribution is -2.28. The maximum absolute atomic E-state index is 11.7. The summed E-state index contributed by atoms with van der Waals surface area (Å²) in [6, 6.07) is 3.00. The van der Waals surface area contributed by atoms with Crippen LogP contribution in [0.25, 0.3) is 0 Å². The van der Waals surface area contributed by atoms with Crippen LogP contribution in [0.1, 0.15) is 26.3 Å². The Labute approximate surface area is 108 Å². The predicted octanol–water partition coefficient (Wildman–Crippen LogP) is 2.18. The van der Waals surface area contributed by atoms with Crippen LogP contribution >= 0.6 is 23.1 Å². The third kappa shape index (κ3) is 4.40. The van der Waals surface area contributed by atoms with Crippen LogP contribution in [0.5, 0.6) is 0 Å². The van der Waals surface area contributed by atoms with Gasteiger partial charge in [0, 0.05) is 6.54 Å². The first kappa shape index (κ1) is 14.1. The molecule has 6 heteroatoms. The summed E-state index contributed by atoms with van der Waals surface area (Å²) in [5.74, 6) is 0.207. The van der Waals surface area contributed by atoms with E-state index in [1.54, 1.807) is 17.8 Å². The minimum atomic E-state index is -0.996. The van der Waals surface area contributed by atoms with Crippen LogP contribution in [0.15, 0.2) is 12.1 Å². The fourth-order valence-corrected chi connectivity index (χ4v) is 2.72. The Hall–Kier alpha value is -1.01. The average Bonchev–Trinajstić information content (AvgIpc) is 2.75. The standard InChI is InChI=1S/C11H15NO3S2/c1-7(6-16-2)5-12-10(13)8-3-4-9(17-8)11(14)15/h3-4,7H,5-6H2,1-2H3,(H,12,13)(H,14,15). The summed E-state index contributed by atoms with van der Waals surface area (Å²) in [5, 5.41) is 11.5. The van der Waals surface area contributed by atoms with Gasteiger partial charge in [-0.25, -0.2) is 4.79 Å². The topological polar surface area (TPSA) is 66.4 Å². The highest BCUT2D eigenvalue weighted by Crippen LogP contribution is 2.16. The van der Waals surface area contributed by atoms with Gasteiger partial charge in [-0.2, -0.15) is 11.8 Å². The van der Waals surface area contributed by atoms with Crippen molar-refractivity contribution in [2.24, 2.45) is 5.92 Å². The van der Waals surface area contributed by atoms with Crippen LogP contribution in [-0.2, 0) is 0 Å². The Balaban J connectivity index is 2.49. The maximum Gasteiger partial charge on any atom is 0.345 e. The number of carboxylic acid groups (broad SMARTS) is 1. The molecule has 2 N–H and O–H groups in total. The summed E-state index contributed by atoms with van der Waals surface area (Å²) >= 11 is 2.74. The molecule has 17 heavy (non-hydrogen) atoms. The molecular weight excluding hydrogens is 258 g/mol. The number of nitrogens with one attached hydrogen (secondary N) is 1. The molecule has 0 aliphatic heterocycles. The van der Waals surface area contributed by atoms with Crippen LogP contribution in [0.4, 0.5) is 0 Å². The molecule has 0 bridgehead atoms. The van der Waals surface area contributed by atoms with Crippen molar-refractivity contribution in [3.63, 3.8) is 0 Å². The number of hydrogen-bond acceptors (Lipinski definition) is 4. The number of thiophene rings is 1. The second kappa shape index (κ2) is 6.66. The maximum atomic E-state index is 11.7. The fourth-order valence-electron chi connectivity index (χ4n) is 1.27. The summed E-state index contributed by atoms with van der Waals surface area (Å²) in [7, 11) is 0. The molecule has 0 saturated heterocycles. The van der Waals surface area contributed by atoms with Crippen molar-refractivity contribution in [3.8, 4) is 0 Å². The molecule has 94 valence electrons. The van der Waals surface area contributed by atoms with Crippen molar-refractivity contribution in [3.05, 3.63) is 21.9 Å². The van der Waals surface area contributed by atoms with Gasteiger partial charge in [-0.3, -0.25) is 4.79 Å². The molecule has 1 rings (SSSR count). The quantitative estimate of drug-likeness (QED) is 0.833. The van der Waals surface area contributed by atoms with Gasteiger partial charge >= 0.3 is 5.97 Å². The van der Waals surface area contributed by atoms with Crippen molar-refractivity contribution in [1.29, 1.82) is 0 Å². The Morgan fingerprint density at radius 1 is 1.47 bits per heavy atom. The Morgan fingerprint density at radius 2 is 2.12 bits per heavy atom. The van der Waals surface area contributed by atoms with E-state index in [0.29, 0.717) is 17.3 Å². The first-order valence-electron chi connectivity index (χ1n) is 5.15. The zero-order valence-corrected chi connectivity index (χ0v) is 11.4. The summed E-state index contributed by atoms with van der Waals surface area (Å²) < 4.78 is 0. The SMILES string of the molecule is CSCC(C)CNC(=O)c1ccc(C(=O)O)s1. The van der Waals surface area contributed by atoms with Gasteiger partial charge in [0.25, 0.3) is 5.91 Å². The minimum absolute atomic E-state index is 0.187. The van der Waals surface area contributed by atoms with Crippen LogP contribution in [0.2, 0.25) is 0 Å². The lowest BCUT2D eigenvalue weighted by Gasteiger charge is -2.10. The van der Waals surface area contributed by atoms with E-state index in [4.69, 9.17) is 5.11 Å². The van der Waals surface area contributed by atoms with Crippen molar-refractivity contribution in [2.45, 2.75) is 6.92 Å². The van der Waals surface area contributed by atoms with E-state index in [1.165, 1.54) is 6.07 Å². The number of carbonyl (C=O) groups excluding carboxylic acids is 1. The van der Waals surface area contributed by atoms with Gasteiger partial charge in [-0.1, -0.05) is 6.92 Å². The van der Waals surface area contributed by atoms with Crippen molar-refractivity contribution in [1.82, 2.24) is 5.32 Å². The first-order valence-corrected chi connectivity index (χ1v) is 7.36. The van der Waals surface area contributed by atoms with Crippen molar-refractivity contribution >= 4 is 35.0 Å². The Morgan fingerprint density at radius 3 is 2.65 bits per heavy atom. The minimum Gasteiger partial charge on any atom is -0.477 e. The van der Waals surface area contributed by atoms with Crippen LogP contribution in [0.3, 0.4) is 0 Å². The number of amides is 1. The summed E-state index contributed by atoms with van der Waals surface area (Å²) in [6.45, 7) is 2.67. The molecule has 0 spiro atoms. The molecular formula is C11H15NO3S2. The van der Waals surface area contributed by atoms with Crippen LogP contribution < -0.4 is 5.32 Å². The largest absolute Gasteiger partial charge is 0.477 e. The van der Waals surface area contributed by atoms with Gasteiger partial charge < -0.3 is 10.4 Å². The molecule has 0 fully saturated rings. The number of hydrogen-bond donors (Lipinski definition) is 2. The normalized spacial score (nSPS) is 12.1. The molecule has 0 aliphatic carbocycles. The molecule has 1 atom stereocenters. The number of carbonyl (C=O) groups is 2. The second-order valence-electron chi connectivity index (χ2n) is 3.74. The predicted molar refractivity (Wildman–Crippen MR) is 71.2 cm³/mol.